The summed E-state index contributed by atoms with van der Waals surface area (Å²) in [4.78, 5) is 2.19. The Bertz CT molecular complexity index is 168. The van der Waals surface area contributed by atoms with E-state index >= 15 is 0 Å². The van der Waals surface area contributed by atoms with Gasteiger partial charge in [0.2, 0.25) is 0 Å². The van der Waals surface area contributed by atoms with Gasteiger partial charge in [-0.1, -0.05) is 0 Å². The van der Waals surface area contributed by atoms with E-state index in [4.69, 9.17) is 10.5 Å². The third-order valence-electron chi connectivity index (χ3n) is 2.84. The molecule has 1 rings (SSSR count). The van der Waals surface area contributed by atoms with Gasteiger partial charge >= 0.3 is 0 Å². The topological polar surface area (TPSA) is 58.7 Å². The fourth-order valence-electron chi connectivity index (χ4n) is 1.86. The molecule has 0 bridgehead atoms. The molecule has 1 heterocycles. The lowest BCUT2D eigenvalue weighted by Gasteiger charge is -2.35. The van der Waals surface area contributed by atoms with E-state index in [2.05, 4.69) is 4.90 Å². The van der Waals surface area contributed by atoms with Gasteiger partial charge in [0.1, 0.15) is 0 Å². The zero-order valence-corrected chi connectivity index (χ0v) is 9.20. The first-order valence-corrected chi connectivity index (χ1v) is 5.25. The Morgan fingerprint density at radius 1 is 1.50 bits per heavy atom. The number of hydrogen-bond acceptors (Lipinski definition) is 4. The molecule has 1 fully saturated rings. The van der Waals surface area contributed by atoms with E-state index in [0.717, 1.165) is 26.1 Å². The molecule has 3 N–H and O–H groups in total. The van der Waals surface area contributed by atoms with Crippen LogP contribution in [0.5, 0.6) is 0 Å². The highest BCUT2D eigenvalue weighted by atomic mass is 16.5. The Hall–Kier alpha value is -0.160. The van der Waals surface area contributed by atoms with Gasteiger partial charge in [0, 0.05) is 32.3 Å². The second kappa shape index (κ2) is 5.07. The van der Waals surface area contributed by atoms with Gasteiger partial charge in [0.15, 0.2) is 0 Å². The Morgan fingerprint density at radius 2 is 2.07 bits per heavy atom. The fraction of sp³-hybridized carbons (Fsp3) is 1.00. The summed E-state index contributed by atoms with van der Waals surface area (Å²) in [6, 6.07) is 0.529. The van der Waals surface area contributed by atoms with Crippen LogP contribution in [0, 0.1) is 0 Å². The second-order valence-electron chi connectivity index (χ2n) is 4.46. The highest BCUT2D eigenvalue weighted by Crippen LogP contribution is 2.15. The highest BCUT2D eigenvalue weighted by molar-refractivity contribution is 4.81. The molecule has 1 aliphatic heterocycles. The molecule has 14 heavy (non-hydrogen) atoms. The maximum absolute atomic E-state index is 9.83. The van der Waals surface area contributed by atoms with Crippen LogP contribution in [0.15, 0.2) is 0 Å². The van der Waals surface area contributed by atoms with E-state index in [1.165, 1.54) is 0 Å². The first-order chi connectivity index (χ1) is 6.55. The van der Waals surface area contributed by atoms with Crippen LogP contribution in [0.25, 0.3) is 0 Å². The molecule has 0 saturated carbocycles. The molecule has 1 unspecified atom stereocenters. The molecule has 4 heteroatoms. The smallest absolute Gasteiger partial charge is 0.0867 e. The van der Waals surface area contributed by atoms with Gasteiger partial charge in [0.05, 0.1) is 5.60 Å². The van der Waals surface area contributed by atoms with Crippen molar-refractivity contribution in [1.29, 1.82) is 0 Å². The van der Waals surface area contributed by atoms with E-state index in [1.807, 2.05) is 7.05 Å². The zero-order chi connectivity index (χ0) is 10.6. The van der Waals surface area contributed by atoms with Crippen molar-refractivity contribution in [3.63, 3.8) is 0 Å². The molecule has 0 aromatic carbocycles. The Morgan fingerprint density at radius 3 is 2.57 bits per heavy atom. The molecule has 0 aromatic rings. The molecule has 0 aromatic heterocycles. The molecule has 0 radical (unpaired) electrons. The molecule has 4 nitrogen and oxygen atoms in total. The summed E-state index contributed by atoms with van der Waals surface area (Å²) in [6.07, 6.45) is 2.11. The van der Waals surface area contributed by atoms with Gasteiger partial charge in [-0.05, 0) is 26.8 Å². The monoisotopic (exact) mass is 202 g/mol. The molecule has 0 aliphatic carbocycles. The minimum Gasteiger partial charge on any atom is -0.388 e. The minimum atomic E-state index is -0.771. The van der Waals surface area contributed by atoms with Gasteiger partial charge in [-0.2, -0.15) is 0 Å². The number of ether oxygens (including phenoxy) is 1. The Balaban J connectivity index is 2.36. The maximum atomic E-state index is 9.83. The number of likely N-dealkylation sites (N-methyl/N-ethyl adjacent to an activating group) is 1. The molecular weight excluding hydrogens is 180 g/mol. The van der Waals surface area contributed by atoms with Crippen LogP contribution in [0.2, 0.25) is 0 Å². The molecule has 1 saturated heterocycles. The van der Waals surface area contributed by atoms with Crippen molar-refractivity contribution in [3.8, 4) is 0 Å². The summed E-state index contributed by atoms with van der Waals surface area (Å²) in [5.74, 6) is 0. The first-order valence-electron chi connectivity index (χ1n) is 5.25. The van der Waals surface area contributed by atoms with E-state index in [-0.39, 0.29) is 0 Å². The average molecular weight is 202 g/mol. The second-order valence-corrected chi connectivity index (χ2v) is 4.46. The molecular formula is C10H22N2O2. The zero-order valence-electron chi connectivity index (χ0n) is 9.20. The third-order valence-corrected chi connectivity index (χ3v) is 2.84. The summed E-state index contributed by atoms with van der Waals surface area (Å²) < 4.78 is 5.29. The van der Waals surface area contributed by atoms with Crippen LogP contribution in [0.1, 0.15) is 19.8 Å². The SMILES string of the molecule is CN(CC(C)(O)CN)C1CCOCC1. The third kappa shape index (κ3) is 3.53. The van der Waals surface area contributed by atoms with Crippen LogP contribution in [-0.2, 0) is 4.74 Å². The number of hydrogen-bond donors (Lipinski definition) is 2. The van der Waals surface area contributed by atoms with Crippen molar-refractivity contribution >= 4 is 0 Å². The number of nitrogens with zero attached hydrogens (tertiary/aromatic N) is 1. The number of aliphatic hydroxyl groups is 1. The fourth-order valence-corrected chi connectivity index (χ4v) is 1.86. The molecule has 0 spiro atoms. The number of nitrogens with two attached hydrogens (primary N) is 1. The normalized spacial score (nSPS) is 23.8. The van der Waals surface area contributed by atoms with Gasteiger partial charge in [0.25, 0.3) is 0 Å². The van der Waals surface area contributed by atoms with Gasteiger partial charge < -0.3 is 20.5 Å². The van der Waals surface area contributed by atoms with Crippen molar-refractivity contribution in [2.24, 2.45) is 5.73 Å². The number of rotatable bonds is 4. The quantitative estimate of drug-likeness (QED) is 0.663. The standard InChI is InChI=1S/C10H22N2O2/c1-10(13,7-11)8-12(2)9-3-5-14-6-4-9/h9,13H,3-8,11H2,1-2H3. The molecule has 1 aliphatic rings. The van der Waals surface area contributed by atoms with Gasteiger partial charge in [-0.3, -0.25) is 0 Å². The van der Waals surface area contributed by atoms with Crippen molar-refractivity contribution < 1.29 is 9.84 Å². The lowest BCUT2D eigenvalue weighted by atomic mass is 10.0. The highest BCUT2D eigenvalue weighted by Gasteiger charge is 2.25. The Labute approximate surface area is 86.0 Å². The van der Waals surface area contributed by atoms with Crippen molar-refractivity contribution in [2.45, 2.75) is 31.4 Å². The molecule has 0 amide bonds. The summed E-state index contributed by atoms with van der Waals surface area (Å²) in [7, 11) is 2.04. The van der Waals surface area contributed by atoms with Crippen LogP contribution >= 0.6 is 0 Å². The summed E-state index contributed by atoms with van der Waals surface area (Å²) >= 11 is 0. The Kier molecular flexibility index (Phi) is 4.31. The van der Waals surface area contributed by atoms with Crippen LogP contribution in [-0.4, -0.2) is 55.0 Å². The van der Waals surface area contributed by atoms with Crippen LogP contribution < -0.4 is 5.73 Å². The van der Waals surface area contributed by atoms with Crippen LogP contribution in [0.4, 0.5) is 0 Å². The maximum Gasteiger partial charge on any atom is 0.0867 e. The first kappa shape index (κ1) is 11.9. The van der Waals surface area contributed by atoms with Gasteiger partial charge in [-0.15, -0.1) is 0 Å². The van der Waals surface area contributed by atoms with E-state index < -0.39 is 5.60 Å². The van der Waals surface area contributed by atoms with E-state index in [1.54, 1.807) is 6.92 Å². The summed E-state index contributed by atoms with van der Waals surface area (Å²) in [5.41, 5.74) is 4.71. The lowest BCUT2D eigenvalue weighted by Crippen LogP contribution is -2.49. The van der Waals surface area contributed by atoms with Crippen molar-refractivity contribution in [3.05, 3.63) is 0 Å². The summed E-state index contributed by atoms with van der Waals surface area (Å²) in [5, 5.41) is 9.83. The largest absolute Gasteiger partial charge is 0.388 e. The van der Waals surface area contributed by atoms with Gasteiger partial charge in [-0.25, -0.2) is 0 Å². The van der Waals surface area contributed by atoms with Crippen molar-refractivity contribution in [1.82, 2.24) is 4.90 Å². The van der Waals surface area contributed by atoms with E-state index in [9.17, 15) is 5.11 Å². The molecule has 1 atom stereocenters. The predicted molar refractivity (Wildman–Crippen MR) is 56.1 cm³/mol. The average Bonchev–Trinajstić information content (AvgIpc) is 2.19. The molecule has 84 valence electrons. The van der Waals surface area contributed by atoms with E-state index in [0.29, 0.717) is 19.1 Å². The predicted octanol–water partition coefficient (Wildman–Crippen LogP) is -0.193. The van der Waals surface area contributed by atoms with Crippen molar-refractivity contribution in [2.75, 3.05) is 33.4 Å². The minimum absolute atomic E-state index is 0.306. The summed E-state index contributed by atoms with van der Waals surface area (Å²) in [6.45, 7) is 4.39. The lowest BCUT2D eigenvalue weighted by molar-refractivity contribution is -0.00686. The van der Waals surface area contributed by atoms with Crippen LogP contribution in [0.3, 0.4) is 0 Å².